The minimum atomic E-state index is -0.754. The van der Waals surface area contributed by atoms with Crippen LogP contribution >= 0.6 is 15.9 Å². The maximum Gasteiger partial charge on any atom is 0.322 e. The van der Waals surface area contributed by atoms with Crippen molar-refractivity contribution in [2.75, 3.05) is 31.6 Å². The molecular weight excluding hydrogens is 296 g/mol. The molecule has 1 aromatic rings. The highest BCUT2D eigenvalue weighted by atomic mass is 79.9. The lowest BCUT2D eigenvalue weighted by molar-refractivity contribution is -0.142. The Balaban J connectivity index is 2.18. The molecule has 1 aliphatic heterocycles. The van der Waals surface area contributed by atoms with Crippen LogP contribution in [0.1, 0.15) is 5.56 Å². The maximum absolute atomic E-state index is 11.2. The van der Waals surface area contributed by atoms with Gasteiger partial charge in [-0.3, -0.25) is 9.69 Å². The van der Waals surface area contributed by atoms with Crippen LogP contribution in [0.25, 0.3) is 0 Å². The Bertz CT molecular complexity index is 464. The molecule has 2 rings (SSSR count). The molecule has 1 unspecified atom stereocenters. The van der Waals surface area contributed by atoms with Crippen LogP contribution in [0.15, 0.2) is 22.7 Å². The third kappa shape index (κ3) is 2.67. The Labute approximate surface area is 115 Å². The molecule has 0 aliphatic carbocycles. The van der Waals surface area contributed by atoms with Crippen molar-refractivity contribution in [1.82, 2.24) is 4.90 Å². The maximum atomic E-state index is 11.2. The van der Waals surface area contributed by atoms with E-state index in [0.717, 1.165) is 23.2 Å². The largest absolute Gasteiger partial charge is 0.480 e. The monoisotopic (exact) mass is 312 g/mol. The SMILES string of the molecule is Cc1cc(N2CCN(C)C(C(=O)O)C2)ccc1Br. The summed E-state index contributed by atoms with van der Waals surface area (Å²) in [5, 5.41) is 9.20. The van der Waals surface area contributed by atoms with Gasteiger partial charge in [-0.1, -0.05) is 15.9 Å². The van der Waals surface area contributed by atoms with E-state index in [1.165, 1.54) is 5.56 Å². The number of hydrogen-bond acceptors (Lipinski definition) is 3. The summed E-state index contributed by atoms with van der Waals surface area (Å²) in [7, 11) is 1.86. The number of hydrogen-bond donors (Lipinski definition) is 1. The number of carboxylic acid groups (broad SMARTS) is 1. The van der Waals surface area contributed by atoms with Gasteiger partial charge in [0, 0.05) is 29.8 Å². The van der Waals surface area contributed by atoms with E-state index in [1.807, 2.05) is 31.0 Å². The van der Waals surface area contributed by atoms with Gasteiger partial charge in [-0.15, -0.1) is 0 Å². The number of carboxylic acids is 1. The molecule has 0 spiro atoms. The molecule has 98 valence electrons. The van der Waals surface area contributed by atoms with Crippen LogP contribution in [0.3, 0.4) is 0 Å². The standard InChI is InChI=1S/C13H17BrN2O2/c1-9-7-10(3-4-11(9)14)16-6-5-15(2)12(8-16)13(17)18/h3-4,7,12H,5-6,8H2,1-2H3,(H,17,18). The number of halogens is 1. The fourth-order valence-electron chi connectivity index (χ4n) is 2.20. The third-order valence-electron chi connectivity index (χ3n) is 3.44. The molecule has 0 saturated carbocycles. The fourth-order valence-corrected chi connectivity index (χ4v) is 2.45. The van der Waals surface area contributed by atoms with Crippen LogP contribution in [-0.4, -0.2) is 48.7 Å². The summed E-state index contributed by atoms with van der Waals surface area (Å²) < 4.78 is 1.08. The molecule has 0 aromatic heterocycles. The molecule has 0 amide bonds. The first-order chi connectivity index (χ1) is 8.49. The summed E-state index contributed by atoms with van der Waals surface area (Å²) in [6.45, 7) is 4.21. The summed E-state index contributed by atoms with van der Waals surface area (Å²) in [5.41, 5.74) is 2.26. The molecule has 1 atom stereocenters. The van der Waals surface area contributed by atoms with Crippen molar-refractivity contribution in [3.8, 4) is 0 Å². The Morgan fingerprint density at radius 3 is 2.78 bits per heavy atom. The molecule has 0 radical (unpaired) electrons. The molecule has 1 saturated heterocycles. The van der Waals surface area contributed by atoms with Gasteiger partial charge in [0.2, 0.25) is 0 Å². The van der Waals surface area contributed by atoms with E-state index in [1.54, 1.807) is 0 Å². The van der Waals surface area contributed by atoms with Crippen molar-refractivity contribution in [2.45, 2.75) is 13.0 Å². The molecule has 5 heteroatoms. The molecule has 0 bridgehead atoms. The first-order valence-corrected chi connectivity index (χ1v) is 6.72. The lowest BCUT2D eigenvalue weighted by atomic mass is 10.1. The average molecular weight is 313 g/mol. The molecule has 18 heavy (non-hydrogen) atoms. The number of rotatable bonds is 2. The first kappa shape index (κ1) is 13.4. The second kappa shape index (κ2) is 5.28. The predicted molar refractivity (Wildman–Crippen MR) is 75.1 cm³/mol. The van der Waals surface area contributed by atoms with Crippen LogP contribution in [-0.2, 0) is 4.79 Å². The zero-order valence-electron chi connectivity index (χ0n) is 10.6. The van der Waals surface area contributed by atoms with E-state index in [4.69, 9.17) is 0 Å². The summed E-state index contributed by atoms with van der Waals surface area (Å²) >= 11 is 3.48. The number of likely N-dealkylation sites (N-methyl/N-ethyl adjacent to an activating group) is 1. The number of anilines is 1. The summed E-state index contributed by atoms with van der Waals surface area (Å²) in [4.78, 5) is 15.2. The zero-order chi connectivity index (χ0) is 13.3. The molecule has 1 aromatic carbocycles. The van der Waals surface area contributed by atoms with Gasteiger partial charge in [0.15, 0.2) is 0 Å². The highest BCUT2D eigenvalue weighted by molar-refractivity contribution is 9.10. The van der Waals surface area contributed by atoms with Crippen molar-refractivity contribution >= 4 is 27.6 Å². The van der Waals surface area contributed by atoms with Gasteiger partial charge < -0.3 is 10.0 Å². The van der Waals surface area contributed by atoms with Gasteiger partial charge in [0.05, 0.1) is 0 Å². The van der Waals surface area contributed by atoms with Gasteiger partial charge in [0.1, 0.15) is 6.04 Å². The van der Waals surface area contributed by atoms with E-state index in [0.29, 0.717) is 6.54 Å². The quantitative estimate of drug-likeness (QED) is 0.906. The number of aryl methyl sites for hydroxylation is 1. The van der Waals surface area contributed by atoms with Crippen LogP contribution in [0.2, 0.25) is 0 Å². The second-order valence-corrected chi connectivity index (χ2v) is 5.57. The fraction of sp³-hybridized carbons (Fsp3) is 0.462. The summed E-state index contributed by atoms with van der Waals surface area (Å²) in [6.07, 6.45) is 0. The molecule has 4 nitrogen and oxygen atoms in total. The van der Waals surface area contributed by atoms with Crippen molar-refractivity contribution in [3.63, 3.8) is 0 Å². The number of benzene rings is 1. The zero-order valence-corrected chi connectivity index (χ0v) is 12.1. The van der Waals surface area contributed by atoms with Crippen LogP contribution in [0.5, 0.6) is 0 Å². The highest BCUT2D eigenvalue weighted by Crippen LogP contribution is 2.24. The van der Waals surface area contributed by atoms with E-state index < -0.39 is 12.0 Å². The Morgan fingerprint density at radius 2 is 2.17 bits per heavy atom. The Morgan fingerprint density at radius 1 is 1.44 bits per heavy atom. The predicted octanol–water partition coefficient (Wildman–Crippen LogP) is 1.96. The number of aliphatic carboxylic acids is 1. The van der Waals surface area contributed by atoms with Crippen LogP contribution < -0.4 is 4.90 Å². The van der Waals surface area contributed by atoms with Gasteiger partial charge in [-0.2, -0.15) is 0 Å². The van der Waals surface area contributed by atoms with E-state index in [2.05, 4.69) is 26.9 Å². The van der Waals surface area contributed by atoms with E-state index in [9.17, 15) is 9.90 Å². The second-order valence-electron chi connectivity index (χ2n) is 4.71. The normalized spacial score (nSPS) is 21.1. The smallest absolute Gasteiger partial charge is 0.322 e. The average Bonchev–Trinajstić information content (AvgIpc) is 2.33. The molecular formula is C13H17BrN2O2. The highest BCUT2D eigenvalue weighted by Gasteiger charge is 2.29. The number of nitrogens with zero attached hydrogens (tertiary/aromatic N) is 2. The number of piperazine rings is 1. The van der Waals surface area contributed by atoms with Gasteiger partial charge >= 0.3 is 5.97 Å². The minimum absolute atomic E-state index is 0.428. The van der Waals surface area contributed by atoms with Crippen LogP contribution in [0, 0.1) is 6.92 Å². The summed E-state index contributed by atoms with van der Waals surface area (Å²) in [5.74, 6) is -0.754. The van der Waals surface area contributed by atoms with Crippen molar-refractivity contribution < 1.29 is 9.90 Å². The molecule has 1 aliphatic rings. The van der Waals surface area contributed by atoms with E-state index in [-0.39, 0.29) is 0 Å². The Kier molecular flexibility index (Phi) is 3.92. The summed E-state index contributed by atoms with van der Waals surface area (Å²) in [6, 6.07) is 5.71. The number of carbonyl (C=O) groups is 1. The first-order valence-electron chi connectivity index (χ1n) is 5.93. The molecule has 1 N–H and O–H groups in total. The van der Waals surface area contributed by atoms with E-state index >= 15 is 0 Å². The molecule has 1 heterocycles. The van der Waals surface area contributed by atoms with Gasteiger partial charge in [-0.25, -0.2) is 0 Å². The molecule has 1 fully saturated rings. The van der Waals surface area contributed by atoms with Crippen molar-refractivity contribution in [3.05, 3.63) is 28.2 Å². The van der Waals surface area contributed by atoms with Gasteiger partial charge in [0.25, 0.3) is 0 Å². The lowest BCUT2D eigenvalue weighted by Crippen LogP contribution is -2.54. The van der Waals surface area contributed by atoms with Crippen LogP contribution in [0.4, 0.5) is 5.69 Å². The topological polar surface area (TPSA) is 43.8 Å². The third-order valence-corrected chi connectivity index (χ3v) is 4.33. The minimum Gasteiger partial charge on any atom is -0.480 e. The lowest BCUT2D eigenvalue weighted by Gasteiger charge is -2.38. The van der Waals surface area contributed by atoms with Crippen molar-refractivity contribution in [1.29, 1.82) is 0 Å². The Hall–Kier alpha value is -1.07. The van der Waals surface area contributed by atoms with Crippen molar-refractivity contribution in [2.24, 2.45) is 0 Å². The van der Waals surface area contributed by atoms with Gasteiger partial charge in [-0.05, 0) is 37.7 Å².